The maximum absolute atomic E-state index is 12.4. The van der Waals surface area contributed by atoms with Crippen LogP contribution in [0.2, 0.25) is 0 Å². The predicted molar refractivity (Wildman–Crippen MR) is 115 cm³/mol. The van der Waals surface area contributed by atoms with Gasteiger partial charge < -0.3 is 20.1 Å². The van der Waals surface area contributed by atoms with Crippen molar-refractivity contribution in [1.82, 2.24) is 10.3 Å². The molecule has 0 saturated heterocycles. The van der Waals surface area contributed by atoms with Gasteiger partial charge in [-0.15, -0.1) is 0 Å². The van der Waals surface area contributed by atoms with Crippen LogP contribution in [-0.4, -0.2) is 34.1 Å². The summed E-state index contributed by atoms with van der Waals surface area (Å²) >= 11 is 0. The number of ether oxygens (including phenoxy) is 1. The lowest BCUT2D eigenvalue weighted by Crippen LogP contribution is -2.26. The highest BCUT2D eigenvalue weighted by Gasteiger charge is 2.20. The Morgan fingerprint density at radius 1 is 1.39 bits per heavy atom. The molecule has 0 unspecified atom stereocenters. The second-order valence-corrected chi connectivity index (χ2v) is 6.61. The first-order valence-corrected chi connectivity index (χ1v) is 9.53. The maximum Gasteiger partial charge on any atom is 0.315 e. The van der Waals surface area contributed by atoms with Crippen LogP contribution >= 0.6 is 0 Å². The number of aromatic hydroxyl groups is 1. The highest BCUT2D eigenvalue weighted by molar-refractivity contribution is 6.01. The molecule has 1 amide bonds. The van der Waals surface area contributed by atoms with Crippen LogP contribution in [0.25, 0.3) is 17.0 Å². The molecule has 0 atom stereocenters. The number of hydrogen-bond donors (Lipinski definition) is 3. The van der Waals surface area contributed by atoms with Gasteiger partial charge in [0.25, 0.3) is 5.91 Å². The van der Waals surface area contributed by atoms with Crippen molar-refractivity contribution in [1.29, 1.82) is 5.26 Å². The number of aromatic amines is 1. The number of amides is 1. The summed E-state index contributed by atoms with van der Waals surface area (Å²) in [5.41, 5.74) is 1.43. The van der Waals surface area contributed by atoms with Gasteiger partial charge in [0.05, 0.1) is 11.5 Å². The molecule has 0 radical (unpaired) electrons. The molecule has 0 fully saturated rings. The number of rotatable bonds is 8. The zero-order chi connectivity index (χ0) is 22.4. The molecule has 1 heterocycles. The van der Waals surface area contributed by atoms with Crippen LogP contribution in [0.3, 0.4) is 0 Å². The molecule has 158 valence electrons. The van der Waals surface area contributed by atoms with Gasteiger partial charge in [0.15, 0.2) is 5.75 Å². The Balaban J connectivity index is 1.75. The second kappa shape index (κ2) is 9.45. The number of carbonyl (C=O) groups excluding carboxylic acids is 1. The quantitative estimate of drug-likeness (QED) is 0.221. The van der Waals surface area contributed by atoms with Gasteiger partial charge in [0, 0.05) is 29.7 Å². The first kappa shape index (κ1) is 21.4. The lowest BCUT2D eigenvalue weighted by molar-refractivity contribution is -0.386. The average Bonchev–Trinajstić information content (AvgIpc) is 3.17. The van der Waals surface area contributed by atoms with Gasteiger partial charge in [-0.25, -0.2) is 0 Å². The number of nitro groups is 1. The van der Waals surface area contributed by atoms with E-state index >= 15 is 0 Å². The van der Waals surface area contributed by atoms with Gasteiger partial charge in [-0.2, -0.15) is 5.26 Å². The van der Waals surface area contributed by atoms with E-state index in [9.17, 15) is 25.3 Å². The number of H-pyrrole nitrogens is 1. The van der Waals surface area contributed by atoms with E-state index in [4.69, 9.17) is 4.74 Å². The highest BCUT2D eigenvalue weighted by Crippen LogP contribution is 2.37. The summed E-state index contributed by atoms with van der Waals surface area (Å²) in [5.74, 6) is -1.30. The van der Waals surface area contributed by atoms with Crippen LogP contribution in [0, 0.1) is 21.4 Å². The minimum atomic E-state index is -0.761. The van der Waals surface area contributed by atoms with E-state index in [1.54, 1.807) is 6.92 Å². The minimum absolute atomic E-state index is 0.0972. The van der Waals surface area contributed by atoms with E-state index in [0.717, 1.165) is 22.5 Å². The zero-order valence-electron chi connectivity index (χ0n) is 16.7. The number of carbonyl (C=O) groups is 1. The fourth-order valence-electron chi connectivity index (χ4n) is 3.16. The number of hydrogen-bond acceptors (Lipinski definition) is 6. The van der Waals surface area contributed by atoms with Crippen molar-refractivity contribution in [2.75, 3.05) is 13.2 Å². The molecule has 3 rings (SSSR count). The summed E-state index contributed by atoms with van der Waals surface area (Å²) in [7, 11) is 0. The molecule has 2 aromatic carbocycles. The van der Waals surface area contributed by atoms with Crippen molar-refractivity contribution in [3.05, 3.63) is 69.4 Å². The smallest absolute Gasteiger partial charge is 0.315 e. The normalized spacial score (nSPS) is 11.2. The topological polar surface area (TPSA) is 141 Å². The van der Waals surface area contributed by atoms with E-state index in [1.165, 1.54) is 12.1 Å². The van der Waals surface area contributed by atoms with Gasteiger partial charge in [-0.05, 0) is 42.7 Å². The lowest BCUT2D eigenvalue weighted by atomic mass is 10.1. The number of nitrogens with zero attached hydrogens (tertiary/aromatic N) is 2. The zero-order valence-corrected chi connectivity index (χ0v) is 16.7. The number of fused-ring (bicyclic) bond motifs is 1. The minimum Gasteiger partial charge on any atom is -0.500 e. The standard InChI is InChI=1S/C22H20N4O5/c1-2-31-20-11-14(10-19(21(20)27)26(29)30)9-16(12-23)22(28)24-8-7-15-13-25-18-6-4-3-5-17(15)18/h3-6,9-11,13,25,27H,2,7-8H2,1H3,(H,24,28)/b16-9-. The summed E-state index contributed by atoms with van der Waals surface area (Å²) < 4.78 is 5.22. The van der Waals surface area contributed by atoms with E-state index < -0.39 is 22.3 Å². The third kappa shape index (κ3) is 4.82. The summed E-state index contributed by atoms with van der Waals surface area (Å²) in [6.45, 7) is 2.15. The van der Waals surface area contributed by atoms with Gasteiger partial charge in [-0.1, -0.05) is 18.2 Å². The number of nitrogens with one attached hydrogen (secondary N) is 2. The molecule has 0 bridgehead atoms. The van der Waals surface area contributed by atoms with E-state index in [1.807, 2.05) is 36.5 Å². The van der Waals surface area contributed by atoms with Crippen LogP contribution in [0.5, 0.6) is 11.5 Å². The fourth-order valence-corrected chi connectivity index (χ4v) is 3.16. The fraction of sp³-hybridized carbons (Fsp3) is 0.182. The van der Waals surface area contributed by atoms with Crippen LogP contribution in [-0.2, 0) is 11.2 Å². The van der Waals surface area contributed by atoms with E-state index in [0.29, 0.717) is 13.0 Å². The SMILES string of the molecule is CCOc1cc(/C=C(/C#N)C(=O)NCCc2c[nH]c3ccccc23)cc([N+](=O)[O-])c1O. The van der Waals surface area contributed by atoms with Gasteiger partial charge in [0.2, 0.25) is 5.75 Å². The van der Waals surface area contributed by atoms with Crippen LogP contribution in [0.15, 0.2) is 48.2 Å². The molecule has 1 aromatic heterocycles. The molecule has 0 spiro atoms. The van der Waals surface area contributed by atoms with Crippen LogP contribution in [0.1, 0.15) is 18.1 Å². The van der Waals surface area contributed by atoms with Crippen molar-refractivity contribution in [2.24, 2.45) is 0 Å². The monoisotopic (exact) mass is 420 g/mol. The molecular formula is C22H20N4O5. The Morgan fingerprint density at radius 3 is 2.87 bits per heavy atom. The third-order valence-electron chi connectivity index (χ3n) is 4.60. The number of benzene rings is 2. The average molecular weight is 420 g/mol. The Labute approximate surface area is 177 Å². The van der Waals surface area contributed by atoms with Crippen LogP contribution < -0.4 is 10.1 Å². The first-order chi connectivity index (χ1) is 14.9. The summed E-state index contributed by atoms with van der Waals surface area (Å²) in [4.78, 5) is 26.0. The molecule has 3 aromatic rings. The number of nitriles is 1. The summed E-state index contributed by atoms with van der Waals surface area (Å²) in [6, 6.07) is 12.0. The first-order valence-electron chi connectivity index (χ1n) is 9.53. The summed E-state index contributed by atoms with van der Waals surface area (Å²) in [5, 5.41) is 34.3. The van der Waals surface area contributed by atoms with Crippen molar-refractivity contribution in [2.45, 2.75) is 13.3 Å². The lowest BCUT2D eigenvalue weighted by Gasteiger charge is -2.08. The van der Waals surface area contributed by atoms with E-state index in [-0.39, 0.29) is 23.5 Å². The molecule has 0 aliphatic heterocycles. The van der Waals surface area contributed by atoms with Crippen molar-refractivity contribution < 1.29 is 19.6 Å². The number of para-hydroxylation sites is 1. The number of nitro benzene ring substituents is 1. The molecule has 0 aliphatic carbocycles. The van der Waals surface area contributed by atoms with Gasteiger partial charge >= 0.3 is 5.69 Å². The van der Waals surface area contributed by atoms with Crippen molar-refractivity contribution in [3.63, 3.8) is 0 Å². The third-order valence-corrected chi connectivity index (χ3v) is 4.60. The molecule has 31 heavy (non-hydrogen) atoms. The van der Waals surface area contributed by atoms with Gasteiger partial charge in [0.1, 0.15) is 11.6 Å². The highest BCUT2D eigenvalue weighted by atomic mass is 16.6. The second-order valence-electron chi connectivity index (χ2n) is 6.61. The van der Waals surface area contributed by atoms with Crippen LogP contribution in [0.4, 0.5) is 5.69 Å². The number of phenols is 1. The Morgan fingerprint density at radius 2 is 2.16 bits per heavy atom. The maximum atomic E-state index is 12.4. The molecule has 0 aliphatic rings. The largest absolute Gasteiger partial charge is 0.500 e. The Kier molecular flexibility index (Phi) is 6.52. The number of aromatic nitrogens is 1. The summed E-state index contributed by atoms with van der Waals surface area (Å²) in [6.07, 6.45) is 3.66. The number of phenolic OH excluding ortho intramolecular Hbond substituents is 1. The molecule has 3 N–H and O–H groups in total. The van der Waals surface area contributed by atoms with Crippen molar-refractivity contribution >= 4 is 28.6 Å². The van der Waals surface area contributed by atoms with Crippen molar-refractivity contribution in [3.8, 4) is 17.6 Å². The molecule has 9 nitrogen and oxygen atoms in total. The van der Waals surface area contributed by atoms with Gasteiger partial charge in [-0.3, -0.25) is 14.9 Å². The molecule has 0 saturated carbocycles. The van der Waals surface area contributed by atoms with E-state index in [2.05, 4.69) is 10.3 Å². The molecule has 9 heteroatoms. The molecular weight excluding hydrogens is 400 g/mol. The predicted octanol–water partition coefficient (Wildman–Crippen LogP) is 3.45. The Bertz CT molecular complexity index is 1210. The Hall–Kier alpha value is -4.32.